The molecule has 5 heteroatoms. The van der Waals surface area contributed by atoms with Crippen LogP contribution in [-0.2, 0) is 5.21 Å². The van der Waals surface area contributed by atoms with Crippen LogP contribution in [-0.4, -0.2) is 22.3 Å². The van der Waals surface area contributed by atoms with Gasteiger partial charge in [0.05, 0.1) is 11.6 Å². The molecule has 2 aromatic rings. The lowest BCUT2D eigenvalue weighted by molar-refractivity contribution is 0.344. The van der Waals surface area contributed by atoms with Gasteiger partial charge in [-0.05, 0) is 44.3 Å². The normalized spacial score (nSPS) is 15.7. The molecule has 112 valence electrons. The Balaban J connectivity index is 2.17. The molecule has 2 aromatic carbocycles. The molecule has 0 fully saturated rings. The fraction of sp³-hybridized carbons (Fsp3) is 0.294. The Morgan fingerprint density at radius 2 is 1.86 bits per heavy atom. The highest BCUT2D eigenvalue weighted by Crippen LogP contribution is 2.49. The molecule has 0 unspecified atom stereocenters. The molecule has 0 aliphatic carbocycles. The zero-order valence-corrected chi connectivity index (χ0v) is 15.7. The smallest absolute Gasteiger partial charge is 0.131 e. The van der Waals surface area contributed by atoms with Crippen LogP contribution < -0.4 is 4.74 Å². The minimum absolute atomic E-state index is 0.0666. The van der Waals surface area contributed by atoms with E-state index in [1.165, 1.54) is 5.56 Å². The number of rotatable bonds is 2. The summed E-state index contributed by atoms with van der Waals surface area (Å²) in [6, 6.07) is 10.8. The molecule has 22 heavy (non-hydrogen) atoms. The number of benzene rings is 2. The summed E-state index contributed by atoms with van der Waals surface area (Å²) in [6.07, 6.45) is 0. The fourth-order valence-corrected chi connectivity index (χ4v) is 3.77. The third-order valence-electron chi connectivity index (χ3n) is 4.31. The van der Waals surface area contributed by atoms with E-state index >= 15 is 0 Å². The number of fused-ring (bicyclic) bond motifs is 1. The Morgan fingerprint density at radius 1 is 1.23 bits per heavy atom. The van der Waals surface area contributed by atoms with E-state index in [9.17, 15) is 0 Å². The van der Waals surface area contributed by atoms with E-state index in [0.717, 1.165) is 31.9 Å². The molecule has 3 rings (SSSR count). The van der Waals surface area contributed by atoms with Gasteiger partial charge in [0.1, 0.15) is 21.4 Å². The molecule has 1 nitrogen and oxygen atoms in total. The molecular formula is C17H18B2BrClO. The second-order valence-corrected chi connectivity index (χ2v) is 8.11. The predicted octanol–water partition coefficient (Wildman–Crippen LogP) is 3.70. The summed E-state index contributed by atoms with van der Waals surface area (Å²) in [5, 5.41) is 0.697. The monoisotopic (exact) mass is 374 g/mol. The molecule has 0 saturated carbocycles. The predicted molar refractivity (Wildman–Crippen MR) is 103 cm³/mol. The summed E-state index contributed by atoms with van der Waals surface area (Å²) >= 11 is 10.1. The summed E-state index contributed by atoms with van der Waals surface area (Å²) in [6.45, 7) is 5.07. The molecular weight excluding hydrogens is 357 g/mol. The molecule has 1 aliphatic heterocycles. The maximum absolute atomic E-state index is 6.52. The van der Waals surface area contributed by atoms with E-state index in [0.29, 0.717) is 12.5 Å². The van der Waals surface area contributed by atoms with Crippen LogP contribution in [0.4, 0.5) is 0 Å². The van der Waals surface area contributed by atoms with Crippen molar-refractivity contribution < 1.29 is 4.74 Å². The van der Waals surface area contributed by atoms with Crippen molar-refractivity contribution in [3.63, 3.8) is 0 Å². The Hall–Kier alpha value is -0.860. The summed E-state index contributed by atoms with van der Waals surface area (Å²) in [7, 11) is 4.34. The quantitative estimate of drug-likeness (QED) is 0.728. The van der Waals surface area contributed by atoms with Crippen LogP contribution in [0.1, 0.15) is 30.9 Å². The van der Waals surface area contributed by atoms with Crippen LogP contribution in [0.15, 0.2) is 34.8 Å². The third kappa shape index (κ3) is 2.61. The summed E-state index contributed by atoms with van der Waals surface area (Å²) in [5.74, 6) is 1.46. The van der Waals surface area contributed by atoms with Crippen LogP contribution in [0.25, 0.3) is 11.1 Å². The lowest BCUT2D eigenvalue weighted by Gasteiger charge is -2.18. The molecule has 0 atom stereocenters. The standard InChI is InChI=1S/C17H18B2BrClO/c1-9(2)10-3-5-11(6-4-10)12-7-13(20)15(21)14-16(12)22-8-17(14,18)19/h3-7,9H,8,18-19H2,1-2H3. The maximum atomic E-state index is 6.52. The van der Waals surface area contributed by atoms with Crippen molar-refractivity contribution in [2.75, 3.05) is 6.61 Å². The molecule has 0 bridgehead atoms. The maximum Gasteiger partial charge on any atom is 0.131 e. The minimum Gasteiger partial charge on any atom is -0.493 e. The number of ether oxygens (including phenoxy) is 1. The molecule has 0 saturated heterocycles. The van der Waals surface area contributed by atoms with Gasteiger partial charge in [-0.1, -0.05) is 49.7 Å². The zero-order chi connectivity index (χ0) is 16.1. The fourth-order valence-electron chi connectivity index (χ4n) is 2.95. The van der Waals surface area contributed by atoms with Crippen molar-refractivity contribution in [2.24, 2.45) is 0 Å². The highest BCUT2D eigenvalue weighted by molar-refractivity contribution is 9.10. The van der Waals surface area contributed by atoms with Gasteiger partial charge in [0.15, 0.2) is 0 Å². The first-order valence-electron chi connectivity index (χ1n) is 7.57. The molecule has 0 amide bonds. The van der Waals surface area contributed by atoms with E-state index in [1.807, 2.05) is 0 Å². The van der Waals surface area contributed by atoms with Gasteiger partial charge < -0.3 is 4.74 Å². The van der Waals surface area contributed by atoms with Crippen molar-refractivity contribution in [1.82, 2.24) is 0 Å². The average molecular weight is 375 g/mol. The Labute approximate surface area is 147 Å². The van der Waals surface area contributed by atoms with Gasteiger partial charge >= 0.3 is 0 Å². The third-order valence-corrected chi connectivity index (χ3v) is 5.56. The second-order valence-electron chi connectivity index (χ2n) is 6.87. The SMILES string of the molecule is BC1(B)COc2c(-c3ccc(C(C)C)cc3)cc(Br)c(Cl)c21. The van der Waals surface area contributed by atoms with E-state index in [2.05, 4.69) is 75.8 Å². The largest absolute Gasteiger partial charge is 0.493 e. The average Bonchev–Trinajstić information content (AvgIpc) is 2.79. The molecule has 1 aliphatic rings. The van der Waals surface area contributed by atoms with Gasteiger partial charge in [-0.25, -0.2) is 0 Å². The molecule has 0 spiro atoms. The first kappa shape index (κ1) is 16.0. The van der Waals surface area contributed by atoms with E-state index < -0.39 is 0 Å². The van der Waals surface area contributed by atoms with Crippen LogP contribution in [0.2, 0.25) is 5.02 Å². The van der Waals surface area contributed by atoms with Gasteiger partial charge in [0, 0.05) is 15.6 Å². The zero-order valence-electron chi connectivity index (χ0n) is 13.3. The van der Waals surface area contributed by atoms with E-state index in [4.69, 9.17) is 16.3 Å². The van der Waals surface area contributed by atoms with Crippen molar-refractivity contribution in [3.8, 4) is 16.9 Å². The Kier molecular flexibility index (Phi) is 4.11. The summed E-state index contributed by atoms with van der Waals surface area (Å²) in [5.41, 5.74) is 4.71. The van der Waals surface area contributed by atoms with Crippen molar-refractivity contribution in [2.45, 2.75) is 25.0 Å². The van der Waals surface area contributed by atoms with Gasteiger partial charge in [-0.2, -0.15) is 0 Å². The van der Waals surface area contributed by atoms with Crippen molar-refractivity contribution in [1.29, 1.82) is 0 Å². The second kappa shape index (κ2) is 5.65. The number of hydrogen-bond acceptors (Lipinski definition) is 1. The van der Waals surface area contributed by atoms with Crippen LogP contribution in [0.3, 0.4) is 0 Å². The molecule has 1 heterocycles. The van der Waals surface area contributed by atoms with E-state index in [-0.39, 0.29) is 5.21 Å². The van der Waals surface area contributed by atoms with Crippen LogP contribution in [0, 0.1) is 0 Å². The molecule has 0 aromatic heterocycles. The first-order chi connectivity index (χ1) is 10.3. The van der Waals surface area contributed by atoms with Crippen molar-refractivity contribution in [3.05, 3.63) is 51.0 Å². The van der Waals surface area contributed by atoms with Gasteiger partial charge in [0.25, 0.3) is 0 Å². The lowest BCUT2D eigenvalue weighted by atomic mass is 9.52. The van der Waals surface area contributed by atoms with E-state index in [1.54, 1.807) is 0 Å². The number of halogens is 2. The van der Waals surface area contributed by atoms with Crippen LogP contribution >= 0.6 is 27.5 Å². The highest BCUT2D eigenvalue weighted by Gasteiger charge is 2.36. The first-order valence-corrected chi connectivity index (χ1v) is 8.74. The molecule has 0 radical (unpaired) electrons. The van der Waals surface area contributed by atoms with Gasteiger partial charge in [0.2, 0.25) is 0 Å². The number of hydrogen-bond donors (Lipinski definition) is 0. The van der Waals surface area contributed by atoms with Crippen LogP contribution in [0.5, 0.6) is 5.75 Å². The topological polar surface area (TPSA) is 9.23 Å². The van der Waals surface area contributed by atoms with Gasteiger partial charge in [-0.3, -0.25) is 0 Å². The van der Waals surface area contributed by atoms with Crippen molar-refractivity contribution >= 4 is 43.2 Å². The highest BCUT2D eigenvalue weighted by atomic mass is 79.9. The minimum atomic E-state index is -0.0666. The van der Waals surface area contributed by atoms with Gasteiger partial charge in [-0.15, -0.1) is 0 Å². The lowest BCUT2D eigenvalue weighted by Crippen LogP contribution is -2.28. The molecule has 0 N–H and O–H groups in total. The summed E-state index contributed by atoms with van der Waals surface area (Å²) in [4.78, 5) is 0. The Bertz CT molecular complexity index is 726. The summed E-state index contributed by atoms with van der Waals surface area (Å²) < 4.78 is 6.93. The Morgan fingerprint density at radius 3 is 2.45 bits per heavy atom.